The van der Waals surface area contributed by atoms with Crippen molar-refractivity contribution in [1.82, 2.24) is 0 Å². The molecule has 0 N–H and O–H groups in total. The Kier molecular flexibility index (Phi) is 7.81. The average Bonchev–Trinajstić information content (AvgIpc) is 2.78. The van der Waals surface area contributed by atoms with Gasteiger partial charge >= 0.3 is 11.7 Å². The van der Waals surface area contributed by atoms with E-state index in [0.717, 1.165) is 11.3 Å². The molecule has 3 rings (SSSR count). The summed E-state index contributed by atoms with van der Waals surface area (Å²) in [5, 5.41) is 11.5. The van der Waals surface area contributed by atoms with Gasteiger partial charge in [0.2, 0.25) is 5.75 Å². The standard InChI is InChI=1S/C24H28N2O6/c1-3-31-24(28)19-12-14-25(15-13-19)20-8-11-22(26(29)30)23(16-20)32-21-9-6-18(7-10-21)5-4-17(2)27/h6-11,16,19H,3-5,12-15H2,1-2H3. The highest BCUT2D eigenvalue weighted by atomic mass is 16.6. The fourth-order valence-corrected chi connectivity index (χ4v) is 3.74. The van der Waals surface area contributed by atoms with Gasteiger partial charge in [-0.3, -0.25) is 14.9 Å². The lowest BCUT2D eigenvalue weighted by molar-refractivity contribution is -0.385. The van der Waals surface area contributed by atoms with Gasteiger partial charge < -0.3 is 19.2 Å². The third-order valence-electron chi connectivity index (χ3n) is 5.54. The van der Waals surface area contributed by atoms with Crippen LogP contribution < -0.4 is 9.64 Å². The molecule has 8 nitrogen and oxygen atoms in total. The van der Waals surface area contributed by atoms with Crippen LogP contribution in [0.2, 0.25) is 0 Å². The number of ketones is 1. The van der Waals surface area contributed by atoms with Crippen LogP contribution in [-0.2, 0) is 20.7 Å². The number of anilines is 1. The number of benzene rings is 2. The molecule has 0 amide bonds. The van der Waals surface area contributed by atoms with Crippen molar-refractivity contribution < 1.29 is 24.0 Å². The normalized spacial score (nSPS) is 14.1. The Balaban J connectivity index is 1.72. The lowest BCUT2D eigenvalue weighted by Crippen LogP contribution is -2.37. The van der Waals surface area contributed by atoms with Crippen molar-refractivity contribution in [3.8, 4) is 11.5 Å². The molecule has 1 fully saturated rings. The van der Waals surface area contributed by atoms with Gasteiger partial charge in [0, 0.05) is 37.3 Å². The number of hydrogen-bond acceptors (Lipinski definition) is 7. The number of hydrogen-bond donors (Lipinski definition) is 0. The third-order valence-corrected chi connectivity index (χ3v) is 5.54. The van der Waals surface area contributed by atoms with Crippen LogP contribution in [0.4, 0.5) is 11.4 Å². The second kappa shape index (κ2) is 10.7. The molecule has 0 spiro atoms. The van der Waals surface area contributed by atoms with E-state index >= 15 is 0 Å². The molecule has 0 unspecified atom stereocenters. The van der Waals surface area contributed by atoms with Crippen molar-refractivity contribution in [1.29, 1.82) is 0 Å². The molecule has 32 heavy (non-hydrogen) atoms. The maximum absolute atomic E-state index is 12.0. The lowest BCUT2D eigenvalue weighted by atomic mass is 9.96. The Labute approximate surface area is 187 Å². The smallest absolute Gasteiger partial charge is 0.311 e. The van der Waals surface area contributed by atoms with Crippen LogP contribution in [0.25, 0.3) is 0 Å². The van der Waals surface area contributed by atoms with Crippen molar-refractivity contribution in [3.05, 3.63) is 58.1 Å². The van der Waals surface area contributed by atoms with Gasteiger partial charge in [0.1, 0.15) is 11.5 Å². The van der Waals surface area contributed by atoms with Gasteiger partial charge in [0.05, 0.1) is 17.4 Å². The zero-order chi connectivity index (χ0) is 23.1. The molecule has 0 aliphatic carbocycles. The summed E-state index contributed by atoms with van der Waals surface area (Å²) < 4.78 is 11.0. The number of ether oxygens (including phenoxy) is 2. The summed E-state index contributed by atoms with van der Waals surface area (Å²) in [7, 11) is 0. The third kappa shape index (κ3) is 6.06. The highest BCUT2D eigenvalue weighted by molar-refractivity contribution is 5.75. The quantitative estimate of drug-likeness (QED) is 0.317. The molecule has 170 valence electrons. The molecule has 1 saturated heterocycles. The van der Waals surface area contributed by atoms with Crippen molar-refractivity contribution in [2.75, 3.05) is 24.6 Å². The second-order valence-corrected chi connectivity index (χ2v) is 7.87. The van der Waals surface area contributed by atoms with Gasteiger partial charge in [-0.15, -0.1) is 0 Å². The van der Waals surface area contributed by atoms with Crippen LogP contribution in [0.1, 0.15) is 38.7 Å². The number of carbonyl (C=O) groups excluding carboxylic acids is 2. The molecule has 2 aromatic rings. The summed E-state index contributed by atoms with van der Waals surface area (Å²) in [4.78, 5) is 36.3. The number of piperidine rings is 1. The number of nitrogens with zero attached hydrogens (tertiary/aromatic N) is 2. The van der Waals surface area contributed by atoms with Crippen LogP contribution in [0.3, 0.4) is 0 Å². The second-order valence-electron chi connectivity index (χ2n) is 7.87. The van der Waals surface area contributed by atoms with Gasteiger partial charge in [-0.1, -0.05) is 12.1 Å². The van der Waals surface area contributed by atoms with Crippen LogP contribution in [-0.4, -0.2) is 36.4 Å². The van der Waals surface area contributed by atoms with Crippen molar-refractivity contribution in [2.24, 2.45) is 5.92 Å². The van der Waals surface area contributed by atoms with Crippen molar-refractivity contribution in [3.63, 3.8) is 0 Å². The molecule has 8 heteroatoms. The molecule has 1 aliphatic heterocycles. The van der Waals surface area contributed by atoms with Crippen LogP contribution >= 0.6 is 0 Å². The van der Waals surface area contributed by atoms with Gasteiger partial charge in [-0.2, -0.15) is 0 Å². The molecule has 0 radical (unpaired) electrons. The molecular weight excluding hydrogens is 412 g/mol. The topological polar surface area (TPSA) is 99.0 Å². The van der Waals surface area contributed by atoms with E-state index < -0.39 is 4.92 Å². The van der Waals surface area contributed by atoms with E-state index in [1.54, 1.807) is 38.1 Å². The minimum absolute atomic E-state index is 0.110. The first kappa shape index (κ1) is 23.2. The Morgan fingerprint density at radius 1 is 1.12 bits per heavy atom. The summed E-state index contributed by atoms with van der Waals surface area (Å²) in [5.41, 5.74) is 1.70. The van der Waals surface area contributed by atoms with Gasteiger partial charge in [-0.25, -0.2) is 0 Å². The Hall–Kier alpha value is -3.42. The first-order chi connectivity index (χ1) is 15.4. The van der Waals surface area contributed by atoms with Gasteiger partial charge in [0.15, 0.2) is 0 Å². The highest BCUT2D eigenvalue weighted by Gasteiger charge is 2.27. The predicted octanol–water partition coefficient (Wildman–Crippen LogP) is 4.69. The molecule has 0 aromatic heterocycles. The summed E-state index contributed by atoms with van der Waals surface area (Å²) in [6.07, 6.45) is 2.47. The summed E-state index contributed by atoms with van der Waals surface area (Å²) in [6.45, 7) is 5.05. The molecule has 2 aromatic carbocycles. The van der Waals surface area contributed by atoms with Gasteiger partial charge in [-0.05, 0) is 56.9 Å². The Bertz CT molecular complexity index is 965. The fourth-order valence-electron chi connectivity index (χ4n) is 3.74. The molecule has 0 bridgehead atoms. The van der Waals surface area contributed by atoms with E-state index in [0.29, 0.717) is 51.1 Å². The first-order valence-corrected chi connectivity index (χ1v) is 10.8. The monoisotopic (exact) mass is 440 g/mol. The highest BCUT2D eigenvalue weighted by Crippen LogP contribution is 2.36. The van der Waals surface area contributed by atoms with E-state index in [1.807, 2.05) is 12.1 Å². The number of Topliss-reactive ketones (excluding diaryl/α,β-unsaturated/α-hetero) is 1. The largest absolute Gasteiger partial charge is 0.466 e. The Morgan fingerprint density at radius 2 is 1.81 bits per heavy atom. The maximum atomic E-state index is 12.0. The van der Waals surface area contributed by atoms with Crippen LogP contribution in [0.5, 0.6) is 11.5 Å². The average molecular weight is 440 g/mol. The number of nitro groups is 1. The number of aryl methyl sites for hydroxylation is 1. The van der Waals surface area contributed by atoms with E-state index in [1.165, 1.54) is 6.07 Å². The Morgan fingerprint density at radius 3 is 2.41 bits per heavy atom. The minimum Gasteiger partial charge on any atom is -0.466 e. The zero-order valence-corrected chi connectivity index (χ0v) is 18.4. The summed E-state index contributed by atoms with van der Waals surface area (Å²) in [5.74, 6) is 0.506. The molecular formula is C24H28N2O6. The lowest BCUT2D eigenvalue weighted by Gasteiger charge is -2.32. The molecule has 1 aliphatic rings. The number of esters is 1. The maximum Gasteiger partial charge on any atom is 0.311 e. The predicted molar refractivity (Wildman–Crippen MR) is 120 cm³/mol. The van der Waals surface area contributed by atoms with Crippen LogP contribution in [0.15, 0.2) is 42.5 Å². The van der Waals surface area contributed by atoms with Crippen molar-refractivity contribution in [2.45, 2.75) is 39.5 Å². The van der Waals surface area contributed by atoms with E-state index in [9.17, 15) is 19.7 Å². The summed E-state index contributed by atoms with van der Waals surface area (Å²) in [6, 6.07) is 12.0. The zero-order valence-electron chi connectivity index (χ0n) is 18.4. The molecule has 0 atom stereocenters. The van der Waals surface area contributed by atoms with E-state index in [2.05, 4.69) is 4.90 Å². The molecule has 1 heterocycles. The fraction of sp³-hybridized carbons (Fsp3) is 0.417. The van der Waals surface area contributed by atoms with E-state index in [-0.39, 0.29) is 29.1 Å². The first-order valence-electron chi connectivity index (χ1n) is 10.8. The summed E-state index contributed by atoms with van der Waals surface area (Å²) >= 11 is 0. The number of nitro benzene ring substituents is 1. The van der Waals surface area contributed by atoms with E-state index in [4.69, 9.17) is 9.47 Å². The molecule has 0 saturated carbocycles. The van der Waals surface area contributed by atoms with Gasteiger partial charge in [0.25, 0.3) is 0 Å². The SMILES string of the molecule is CCOC(=O)C1CCN(c2ccc([N+](=O)[O-])c(Oc3ccc(CCC(C)=O)cc3)c2)CC1. The minimum atomic E-state index is -0.465. The number of rotatable bonds is 9. The van der Waals surface area contributed by atoms with Crippen LogP contribution in [0, 0.1) is 16.0 Å². The van der Waals surface area contributed by atoms with Crippen molar-refractivity contribution >= 4 is 23.1 Å². The number of carbonyl (C=O) groups is 2.